The first-order valence-corrected chi connectivity index (χ1v) is 6.13. The number of aliphatic hydroxyl groups is 1. The van der Waals surface area contributed by atoms with Crippen LogP contribution in [0.25, 0.3) is 0 Å². The van der Waals surface area contributed by atoms with Gasteiger partial charge in [-0.15, -0.1) is 0 Å². The van der Waals surface area contributed by atoms with E-state index >= 15 is 0 Å². The average molecular weight is 236 g/mol. The average Bonchev–Trinajstić information content (AvgIpc) is 2.36. The zero-order valence-corrected chi connectivity index (χ0v) is 11.3. The lowest BCUT2D eigenvalue weighted by Crippen LogP contribution is -2.45. The van der Waals surface area contributed by atoms with Crippen LogP contribution in [0.15, 0.2) is 24.3 Å². The minimum Gasteiger partial charge on any atom is -0.394 e. The molecule has 0 radical (unpaired) electrons. The fourth-order valence-electron chi connectivity index (χ4n) is 1.76. The van der Waals surface area contributed by atoms with Crippen LogP contribution in [0.1, 0.15) is 38.8 Å². The highest BCUT2D eigenvalue weighted by molar-refractivity contribution is 5.56. The lowest BCUT2D eigenvalue weighted by atomic mass is 9.98. The number of anilines is 1. The molecule has 0 amide bonds. The summed E-state index contributed by atoms with van der Waals surface area (Å²) < 4.78 is 0. The Balaban J connectivity index is 3.13. The standard InChI is InChI=1S/C14H24N2O/c1-5-12(15)11-8-6-7-9-13(11)16(4)14(2,3)10-17/h6-9,12,17H,5,10,15H2,1-4H3. The van der Waals surface area contributed by atoms with E-state index in [2.05, 4.69) is 24.0 Å². The summed E-state index contributed by atoms with van der Waals surface area (Å²) in [6, 6.07) is 8.18. The van der Waals surface area contributed by atoms with Crippen molar-refractivity contribution >= 4 is 5.69 Å². The molecule has 3 N–H and O–H groups in total. The smallest absolute Gasteiger partial charge is 0.0658 e. The van der Waals surface area contributed by atoms with Crippen LogP contribution >= 0.6 is 0 Å². The first-order valence-electron chi connectivity index (χ1n) is 6.13. The van der Waals surface area contributed by atoms with Crippen molar-refractivity contribution in [2.45, 2.75) is 38.8 Å². The third-order valence-corrected chi connectivity index (χ3v) is 3.43. The first kappa shape index (κ1) is 14.0. The van der Waals surface area contributed by atoms with Crippen molar-refractivity contribution in [1.29, 1.82) is 0 Å². The maximum atomic E-state index is 9.44. The number of hydrogen-bond acceptors (Lipinski definition) is 3. The van der Waals surface area contributed by atoms with Crippen LogP contribution in [0.4, 0.5) is 5.69 Å². The minimum absolute atomic E-state index is 0.0446. The Labute approximate surface area is 104 Å². The van der Waals surface area contributed by atoms with E-state index in [0.717, 1.165) is 17.7 Å². The number of aliphatic hydroxyl groups excluding tert-OH is 1. The van der Waals surface area contributed by atoms with E-state index in [4.69, 9.17) is 5.73 Å². The third-order valence-electron chi connectivity index (χ3n) is 3.43. The van der Waals surface area contributed by atoms with Crippen LogP contribution in [0, 0.1) is 0 Å². The predicted molar refractivity (Wildman–Crippen MR) is 73.2 cm³/mol. The van der Waals surface area contributed by atoms with Crippen molar-refractivity contribution in [1.82, 2.24) is 0 Å². The van der Waals surface area contributed by atoms with E-state index in [1.54, 1.807) is 0 Å². The molecule has 1 atom stereocenters. The number of nitrogens with zero attached hydrogens (tertiary/aromatic N) is 1. The molecule has 0 aromatic heterocycles. The van der Waals surface area contributed by atoms with Crippen molar-refractivity contribution in [2.24, 2.45) is 5.73 Å². The molecule has 0 saturated carbocycles. The number of nitrogens with two attached hydrogens (primary N) is 1. The molecule has 1 aromatic carbocycles. The SMILES string of the molecule is CCC(N)c1ccccc1N(C)C(C)(C)CO. The van der Waals surface area contributed by atoms with Gasteiger partial charge in [0.25, 0.3) is 0 Å². The van der Waals surface area contributed by atoms with Crippen LogP contribution in [0.3, 0.4) is 0 Å². The Kier molecular flexibility index (Phi) is 4.54. The van der Waals surface area contributed by atoms with E-state index in [-0.39, 0.29) is 18.2 Å². The van der Waals surface area contributed by atoms with E-state index in [1.165, 1.54) is 0 Å². The Hall–Kier alpha value is -1.06. The number of hydrogen-bond donors (Lipinski definition) is 2. The Morgan fingerprint density at radius 1 is 1.35 bits per heavy atom. The Morgan fingerprint density at radius 2 is 1.94 bits per heavy atom. The van der Waals surface area contributed by atoms with Gasteiger partial charge in [0.15, 0.2) is 0 Å². The number of rotatable bonds is 5. The normalized spacial score (nSPS) is 13.5. The second-order valence-electron chi connectivity index (χ2n) is 5.10. The van der Waals surface area contributed by atoms with Crippen LogP contribution in [0.5, 0.6) is 0 Å². The molecule has 1 unspecified atom stereocenters. The van der Waals surface area contributed by atoms with Gasteiger partial charge in [-0.3, -0.25) is 0 Å². The van der Waals surface area contributed by atoms with Gasteiger partial charge in [-0.2, -0.15) is 0 Å². The van der Waals surface area contributed by atoms with Gasteiger partial charge in [-0.1, -0.05) is 25.1 Å². The van der Waals surface area contributed by atoms with Gasteiger partial charge in [-0.05, 0) is 31.9 Å². The lowest BCUT2D eigenvalue weighted by Gasteiger charge is -2.37. The van der Waals surface area contributed by atoms with Gasteiger partial charge >= 0.3 is 0 Å². The number of para-hydroxylation sites is 1. The molecular weight excluding hydrogens is 212 g/mol. The van der Waals surface area contributed by atoms with Crippen molar-refractivity contribution in [3.05, 3.63) is 29.8 Å². The van der Waals surface area contributed by atoms with Gasteiger partial charge in [0, 0.05) is 18.8 Å². The number of benzene rings is 1. The Bertz CT molecular complexity index is 363. The fourth-order valence-corrected chi connectivity index (χ4v) is 1.76. The quantitative estimate of drug-likeness (QED) is 0.824. The topological polar surface area (TPSA) is 49.5 Å². The summed E-state index contributed by atoms with van der Waals surface area (Å²) in [6.07, 6.45) is 0.907. The summed E-state index contributed by atoms with van der Waals surface area (Å²) in [7, 11) is 2.00. The van der Waals surface area contributed by atoms with Crippen molar-refractivity contribution in [3.8, 4) is 0 Å². The van der Waals surface area contributed by atoms with Gasteiger partial charge in [0.2, 0.25) is 0 Å². The molecule has 96 valence electrons. The van der Waals surface area contributed by atoms with Crippen LogP contribution in [0.2, 0.25) is 0 Å². The molecule has 0 aliphatic carbocycles. The zero-order valence-electron chi connectivity index (χ0n) is 11.3. The molecule has 0 saturated heterocycles. The maximum absolute atomic E-state index is 9.44. The van der Waals surface area contributed by atoms with Gasteiger partial charge in [0.05, 0.1) is 12.1 Å². The van der Waals surface area contributed by atoms with E-state index in [1.807, 2.05) is 33.0 Å². The molecule has 17 heavy (non-hydrogen) atoms. The predicted octanol–water partition coefficient (Wildman–Crippen LogP) is 2.30. The van der Waals surface area contributed by atoms with Crippen molar-refractivity contribution in [2.75, 3.05) is 18.6 Å². The summed E-state index contributed by atoms with van der Waals surface area (Å²) >= 11 is 0. The molecule has 0 aliphatic heterocycles. The summed E-state index contributed by atoms with van der Waals surface area (Å²) in [6.45, 7) is 6.22. The van der Waals surface area contributed by atoms with Gasteiger partial charge in [0.1, 0.15) is 0 Å². The van der Waals surface area contributed by atoms with Crippen molar-refractivity contribution in [3.63, 3.8) is 0 Å². The molecule has 1 rings (SSSR count). The summed E-state index contributed by atoms with van der Waals surface area (Å²) in [5.74, 6) is 0. The molecule has 1 aromatic rings. The Morgan fingerprint density at radius 3 is 2.47 bits per heavy atom. The highest BCUT2D eigenvalue weighted by Gasteiger charge is 2.25. The zero-order chi connectivity index (χ0) is 13.1. The van der Waals surface area contributed by atoms with Gasteiger partial charge in [-0.25, -0.2) is 0 Å². The summed E-state index contributed by atoms with van der Waals surface area (Å²) in [5.41, 5.74) is 8.08. The van der Waals surface area contributed by atoms with Gasteiger partial charge < -0.3 is 15.7 Å². The largest absolute Gasteiger partial charge is 0.394 e. The second-order valence-corrected chi connectivity index (χ2v) is 5.10. The fraction of sp³-hybridized carbons (Fsp3) is 0.571. The second kappa shape index (κ2) is 5.52. The van der Waals surface area contributed by atoms with Crippen LogP contribution in [-0.4, -0.2) is 24.3 Å². The van der Waals surface area contributed by atoms with Crippen molar-refractivity contribution < 1.29 is 5.11 Å². The molecular formula is C14H24N2O. The minimum atomic E-state index is -0.288. The number of likely N-dealkylation sites (N-methyl/N-ethyl adjacent to an activating group) is 1. The lowest BCUT2D eigenvalue weighted by molar-refractivity contribution is 0.216. The molecule has 0 aliphatic rings. The summed E-state index contributed by atoms with van der Waals surface area (Å²) in [5, 5.41) is 9.44. The summed E-state index contributed by atoms with van der Waals surface area (Å²) in [4.78, 5) is 2.10. The molecule has 0 fully saturated rings. The maximum Gasteiger partial charge on any atom is 0.0658 e. The first-order chi connectivity index (χ1) is 7.94. The van der Waals surface area contributed by atoms with Crippen LogP contribution in [-0.2, 0) is 0 Å². The van der Waals surface area contributed by atoms with E-state index in [9.17, 15) is 5.11 Å². The monoisotopic (exact) mass is 236 g/mol. The molecule has 0 spiro atoms. The van der Waals surface area contributed by atoms with E-state index in [0.29, 0.717) is 0 Å². The third kappa shape index (κ3) is 2.99. The van der Waals surface area contributed by atoms with Crippen LogP contribution < -0.4 is 10.6 Å². The highest BCUT2D eigenvalue weighted by atomic mass is 16.3. The molecule has 0 bridgehead atoms. The van der Waals surface area contributed by atoms with E-state index < -0.39 is 0 Å². The molecule has 3 nitrogen and oxygen atoms in total. The molecule has 3 heteroatoms. The molecule has 0 heterocycles. The highest BCUT2D eigenvalue weighted by Crippen LogP contribution is 2.30.